The van der Waals surface area contributed by atoms with Gasteiger partial charge in [-0.05, 0) is 31.5 Å². The van der Waals surface area contributed by atoms with Crippen molar-refractivity contribution < 1.29 is 26.1 Å². The number of allylic oxidation sites excluding steroid dienone is 1. The van der Waals surface area contributed by atoms with E-state index in [0.717, 1.165) is 17.7 Å². The number of nitrogens with two attached hydrogens (primary N) is 2. The maximum atomic E-state index is 12.7. The molecule has 0 aliphatic rings. The smallest absolute Gasteiger partial charge is 0.383 e. The molecule has 30 heavy (non-hydrogen) atoms. The molecular weight excluding hydrogens is 421 g/mol. The summed E-state index contributed by atoms with van der Waals surface area (Å²) in [5, 5.41) is 0. The van der Waals surface area contributed by atoms with Gasteiger partial charge >= 0.3 is 6.18 Å². The van der Waals surface area contributed by atoms with Gasteiger partial charge in [0.15, 0.2) is 0 Å². The monoisotopic (exact) mass is 446 g/mol. The zero-order valence-corrected chi connectivity index (χ0v) is 17.8. The van der Waals surface area contributed by atoms with Crippen LogP contribution in [0, 0.1) is 6.92 Å². The zero-order valence-electron chi connectivity index (χ0n) is 17.0. The number of halogens is 3. The molecule has 0 radical (unpaired) electrons. The van der Waals surface area contributed by atoms with Crippen LogP contribution in [0.3, 0.4) is 0 Å². The number of nitrogens with zero attached hydrogens (tertiary/aromatic N) is 2. The summed E-state index contributed by atoms with van der Waals surface area (Å²) in [7, 11) is -3.66. The molecule has 2 aromatic rings. The maximum Gasteiger partial charge on any atom is 0.416 e. The van der Waals surface area contributed by atoms with Crippen LogP contribution in [0.4, 0.5) is 24.9 Å². The van der Waals surface area contributed by atoms with E-state index in [-0.39, 0.29) is 17.5 Å². The fourth-order valence-electron chi connectivity index (χ4n) is 2.31. The van der Waals surface area contributed by atoms with E-state index in [1.165, 1.54) is 19.1 Å². The van der Waals surface area contributed by atoms with E-state index >= 15 is 0 Å². The fourth-order valence-corrected chi connectivity index (χ4v) is 2.31. The zero-order chi connectivity index (χ0) is 23.3. The number of anilines is 2. The first-order valence-corrected chi connectivity index (χ1v) is 10.4. The lowest BCUT2D eigenvalue weighted by Crippen LogP contribution is -2.14. The van der Waals surface area contributed by atoms with Gasteiger partial charge < -0.3 is 11.5 Å². The second-order valence-electron chi connectivity index (χ2n) is 6.97. The Bertz CT molecular complexity index is 980. The summed E-state index contributed by atoms with van der Waals surface area (Å²) < 4.78 is 64.9. The second-order valence-corrected chi connectivity index (χ2v) is 8.71. The van der Waals surface area contributed by atoms with Crippen molar-refractivity contribution in [3.05, 3.63) is 52.7 Å². The number of rotatable bonds is 4. The molecule has 166 valence electrons. The van der Waals surface area contributed by atoms with Gasteiger partial charge in [-0.25, -0.2) is 4.98 Å². The number of benzene rings is 1. The van der Waals surface area contributed by atoms with Gasteiger partial charge in [-0.2, -0.15) is 26.6 Å². The number of aromatic nitrogens is 2. The van der Waals surface area contributed by atoms with Crippen molar-refractivity contribution in [2.75, 3.05) is 17.2 Å². The molecule has 1 aromatic carbocycles. The van der Waals surface area contributed by atoms with Crippen LogP contribution in [0.5, 0.6) is 0 Å². The van der Waals surface area contributed by atoms with Gasteiger partial charge in [-0.3, -0.25) is 4.55 Å². The lowest BCUT2D eigenvalue weighted by atomic mass is 9.83. The molecule has 0 unspecified atom stereocenters. The van der Waals surface area contributed by atoms with Crippen LogP contribution >= 0.6 is 0 Å². The van der Waals surface area contributed by atoms with Crippen LogP contribution < -0.4 is 11.5 Å². The standard InChI is InChI=1S/C17H19F3N4.C2H6O3S/c1-10-13(14(21)24-15(22)23-10)8-9-16(2,3)11-4-6-12(7-5-11)17(18,19)20;1-2-6(3,4)5/h4-9H,1-3H3,(H4,21,22,23,24);2H2,1H3,(H,3,4,5)/b9-8+;. The quantitative estimate of drug-likeness (QED) is 0.608. The normalized spacial score (nSPS) is 12.5. The van der Waals surface area contributed by atoms with E-state index in [1.807, 2.05) is 19.9 Å². The van der Waals surface area contributed by atoms with Crippen LogP contribution in [0.2, 0.25) is 0 Å². The summed E-state index contributed by atoms with van der Waals surface area (Å²) >= 11 is 0. The van der Waals surface area contributed by atoms with Crippen molar-refractivity contribution in [1.82, 2.24) is 9.97 Å². The summed E-state index contributed by atoms with van der Waals surface area (Å²) in [5.41, 5.74) is 12.2. The van der Waals surface area contributed by atoms with Crippen molar-refractivity contribution in [3.8, 4) is 0 Å². The summed E-state index contributed by atoms with van der Waals surface area (Å²) in [6, 6.07) is 5.11. The average Bonchev–Trinajstić information content (AvgIpc) is 2.60. The molecule has 0 aliphatic carbocycles. The molecule has 2 rings (SSSR count). The Balaban J connectivity index is 0.000000656. The van der Waals surface area contributed by atoms with Crippen molar-refractivity contribution >= 4 is 28.0 Å². The Hall–Kier alpha value is -2.66. The summed E-state index contributed by atoms with van der Waals surface area (Å²) in [5.74, 6) is 0.163. The lowest BCUT2D eigenvalue weighted by molar-refractivity contribution is -0.137. The van der Waals surface area contributed by atoms with Crippen molar-refractivity contribution in [2.45, 2.75) is 39.3 Å². The third-order valence-corrected chi connectivity index (χ3v) is 4.90. The van der Waals surface area contributed by atoms with Crippen LogP contribution in [-0.4, -0.2) is 28.7 Å². The number of hydrogen-bond donors (Lipinski definition) is 3. The topological polar surface area (TPSA) is 132 Å². The number of hydrogen-bond acceptors (Lipinski definition) is 6. The lowest BCUT2D eigenvalue weighted by Gasteiger charge is -2.22. The molecule has 1 aromatic heterocycles. The van der Waals surface area contributed by atoms with Crippen LogP contribution in [0.1, 0.15) is 43.2 Å². The van der Waals surface area contributed by atoms with Crippen molar-refractivity contribution in [2.24, 2.45) is 0 Å². The van der Waals surface area contributed by atoms with E-state index in [1.54, 1.807) is 13.0 Å². The van der Waals surface area contributed by atoms with Crippen LogP contribution in [0.15, 0.2) is 30.3 Å². The molecule has 0 amide bonds. The Labute approximate surface area is 173 Å². The molecule has 0 saturated carbocycles. The maximum absolute atomic E-state index is 12.7. The summed E-state index contributed by atoms with van der Waals surface area (Å²) in [6.45, 7) is 6.93. The molecule has 0 aliphatic heterocycles. The van der Waals surface area contributed by atoms with E-state index < -0.39 is 27.3 Å². The fraction of sp³-hybridized carbons (Fsp3) is 0.368. The van der Waals surface area contributed by atoms with Crippen molar-refractivity contribution in [1.29, 1.82) is 0 Å². The second kappa shape index (κ2) is 9.43. The molecule has 0 fully saturated rings. The van der Waals surface area contributed by atoms with E-state index in [0.29, 0.717) is 11.3 Å². The molecular formula is C19H25F3N4O3S. The van der Waals surface area contributed by atoms with Gasteiger partial charge in [-0.15, -0.1) is 0 Å². The average molecular weight is 446 g/mol. The van der Waals surface area contributed by atoms with Crippen molar-refractivity contribution in [3.63, 3.8) is 0 Å². The minimum atomic E-state index is -4.34. The molecule has 1 heterocycles. The first-order valence-electron chi connectivity index (χ1n) is 8.78. The highest BCUT2D eigenvalue weighted by molar-refractivity contribution is 7.85. The first-order chi connectivity index (χ1) is 13.6. The minimum Gasteiger partial charge on any atom is -0.383 e. The molecule has 0 spiro atoms. The molecule has 11 heteroatoms. The third kappa shape index (κ3) is 7.64. The van der Waals surface area contributed by atoms with Gasteiger partial charge in [-0.1, -0.05) is 38.1 Å². The van der Waals surface area contributed by atoms with Gasteiger partial charge in [0, 0.05) is 11.0 Å². The van der Waals surface area contributed by atoms with E-state index in [4.69, 9.17) is 16.0 Å². The van der Waals surface area contributed by atoms with E-state index in [2.05, 4.69) is 9.97 Å². The van der Waals surface area contributed by atoms with Gasteiger partial charge in [0.05, 0.1) is 17.0 Å². The molecule has 5 N–H and O–H groups in total. The van der Waals surface area contributed by atoms with Gasteiger partial charge in [0.25, 0.3) is 10.1 Å². The predicted octanol–water partition coefficient (Wildman–Crippen LogP) is 3.85. The Morgan fingerprint density at radius 3 is 1.93 bits per heavy atom. The molecule has 0 atom stereocenters. The summed E-state index contributed by atoms with van der Waals surface area (Å²) in [6.07, 6.45) is -0.721. The van der Waals surface area contributed by atoms with Crippen LogP contribution in [0.25, 0.3) is 6.08 Å². The van der Waals surface area contributed by atoms with Crippen LogP contribution in [-0.2, 0) is 21.7 Å². The van der Waals surface area contributed by atoms with E-state index in [9.17, 15) is 21.6 Å². The highest BCUT2D eigenvalue weighted by Crippen LogP contribution is 2.32. The largest absolute Gasteiger partial charge is 0.416 e. The highest BCUT2D eigenvalue weighted by atomic mass is 32.2. The highest BCUT2D eigenvalue weighted by Gasteiger charge is 2.30. The van der Waals surface area contributed by atoms with Gasteiger partial charge in [0.1, 0.15) is 5.82 Å². The predicted molar refractivity (Wildman–Crippen MR) is 111 cm³/mol. The Kier molecular flexibility index (Phi) is 7.98. The summed E-state index contributed by atoms with van der Waals surface area (Å²) in [4.78, 5) is 7.97. The SMILES string of the molecule is CCS(=O)(=O)O.Cc1nc(N)nc(N)c1/C=C/C(C)(C)c1ccc(C(F)(F)F)cc1. The third-order valence-electron chi connectivity index (χ3n) is 4.17. The molecule has 7 nitrogen and oxygen atoms in total. The molecule has 0 saturated heterocycles. The minimum absolute atomic E-state index is 0.101. The van der Waals surface area contributed by atoms with Gasteiger partial charge in [0.2, 0.25) is 5.95 Å². The number of aryl methyl sites for hydroxylation is 1. The first kappa shape index (κ1) is 25.4. The Morgan fingerprint density at radius 1 is 1.07 bits per heavy atom. The molecule has 0 bridgehead atoms. The number of alkyl halides is 3. The number of nitrogen functional groups attached to an aromatic ring is 2. The Morgan fingerprint density at radius 2 is 1.53 bits per heavy atom.